The van der Waals surface area contributed by atoms with Gasteiger partial charge in [0, 0.05) is 54.2 Å². The van der Waals surface area contributed by atoms with E-state index in [0.29, 0.717) is 22.3 Å². The Hall–Kier alpha value is -6.09. The summed E-state index contributed by atoms with van der Waals surface area (Å²) in [6.07, 6.45) is 4.05. The molecule has 0 saturated heterocycles. The average molecular weight is 747 g/mol. The van der Waals surface area contributed by atoms with E-state index >= 15 is 0 Å². The molecule has 286 valence electrons. The number of nitrogens with one attached hydrogen (secondary N) is 2. The Balaban J connectivity index is 1.56. The molecule has 0 atom stereocenters. The molecule has 0 aliphatic carbocycles. The molecule has 8 heteroatoms. The number of rotatable bonds is 16. The van der Waals surface area contributed by atoms with Crippen molar-refractivity contribution < 1.29 is 19.1 Å². The van der Waals surface area contributed by atoms with Gasteiger partial charge in [-0.25, -0.2) is 4.79 Å². The number of carbonyl (C=O) groups is 3. The predicted molar refractivity (Wildman–Crippen MR) is 228 cm³/mol. The number of esters is 1. The minimum atomic E-state index is -1.35. The lowest BCUT2D eigenvalue weighted by molar-refractivity contribution is 0.0299. The second-order valence-corrected chi connectivity index (χ2v) is 14.7. The fraction of sp³-hybridized carbons (Fsp3) is 0.229. The predicted octanol–water partition coefficient (Wildman–Crippen LogP) is 8.67. The van der Waals surface area contributed by atoms with Gasteiger partial charge in [-0.3, -0.25) is 9.59 Å². The van der Waals surface area contributed by atoms with Gasteiger partial charge in [-0.2, -0.15) is 0 Å². The van der Waals surface area contributed by atoms with Gasteiger partial charge >= 0.3 is 5.97 Å². The Kier molecular flexibility index (Phi) is 12.4. The van der Waals surface area contributed by atoms with Crippen molar-refractivity contribution in [2.75, 3.05) is 65.0 Å². The molecular formula is C48H50N4O4. The van der Waals surface area contributed by atoms with E-state index in [4.69, 9.17) is 4.74 Å². The summed E-state index contributed by atoms with van der Waals surface area (Å²) < 4.78 is 6.55. The second kappa shape index (κ2) is 17.6. The second-order valence-electron chi connectivity index (χ2n) is 14.7. The van der Waals surface area contributed by atoms with Crippen LogP contribution in [0.2, 0.25) is 0 Å². The Morgan fingerprint density at radius 3 is 1.29 bits per heavy atom. The molecule has 0 radical (unpaired) electrons. The first kappa shape index (κ1) is 39.6. The van der Waals surface area contributed by atoms with Gasteiger partial charge in [-0.05, 0) is 118 Å². The van der Waals surface area contributed by atoms with Gasteiger partial charge in [-0.1, -0.05) is 91.0 Å². The Bertz CT molecular complexity index is 2110. The molecule has 1 aliphatic heterocycles. The van der Waals surface area contributed by atoms with Crippen molar-refractivity contribution in [2.24, 2.45) is 0 Å². The quantitative estimate of drug-likeness (QED) is 0.0766. The average Bonchev–Trinajstić information content (AvgIpc) is 3.47. The van der Waals surface area contributed by atoms with Crippen molar-refractivity contribution in [1.29, 1.82) is 0 Å². The number of benzene rings is 5. The highest BCUT2D eigenvalue weighted by Crippen LogP contribution is 2.45. The van der Waals surface area contributed by atoms with E-state index in [0.717, 1.165) is 71.0 Å². The first-order chi connectivity index (χ1) is 26.9. The molecule has 0 saturated carbocycles. The fourth-order valence-electron chi connectivity index (χ4n) is 6.77. The molecule has 5 aromatic rings. The van der Waals surface area contributed by atoms with Crippen LogP contribution in [0, 0.1) is 0 Å². The number of ether oxygens (including phenoxy) is 1. The summed E-state index contributed by atoms with van der Waals surface area (Å²) >= 11 is 0. The number of nitrogens with zero attached hydrogens (tertiary/aromatic N) is 2. The van der Waals surface area contributed by atoms with Crippen LogP contribution in [0.25, 0.3) is 11.1 Å². The van der Waals surface area contributed by atoms with Crippen molar-refractivity contribution in [1.82, 2.24) is 9.80 Å². The number of ketones is 2. The van der Waals surface area contributed by atoms with Crippen molar-refractivity contribution in [3.8, 4) is 0 Å². The van der Waals surface area contributed by atoms with Crippen LogP contribution in [0.1, 0.15) is 72.7 Å². The first-order valence-corrected chi connectivity index (χ1v) is 18.9. The van der Waals surface area contributed by atoms with Crippen LogP contribution in [0.15, 0.2) is 133 Å². The maximum absolute atomic E-state index is 13.8. The van der Waals surface area contributed by atoms with Crippen LogP contribution < -0.4 is 10.6 Å². The molecule has 5 aromatic carbocycles. The third kappa shape index (κ3) is 9.40. The van der Waals surface area contributed by atoms with Crippen LogP contribution in [-0.4, -0.2) is 81.7 Å². The first-order valence-electron chi connectivity index (χ1n) is 18.9. The lowest BCUT2D eigenvalue weighted by atomic mass is 9.83. The minimum absolute atomic E-state index is 0.0207. The third-order valence-electron chi connectivity index (χ3n) is 9.92. The van der Waals surface area contributed by atoms with E-state index in [9.17, 15) is 14.4 Å². The number of hydrogen-bond donors (Lipinski definition) is 2. The molecule has 0 spiro atoms. The summed E-state index contributed by atoms with van der Waals surface area (Å²) in [7, 11) is 8.18. The maximum Gasteiger partial charge on any atom is 0.340 e. The van der Waals surface area contributed by atoms with Gasteiger partial charge in [0.25, 0.3) is 0 Å². The number of fused-ring (bicyclic) bond motifs is 1. The summed E-state index contributed by atoms with van der Waals surface area (Å²) in [5.74, 6) is -0.466. The van der Waals surface area contributed by atoms with Crippen LogP contribution in [0.5, 0.6) is 0 Å². The summed E-state index contributed by atoms with van der Waals surface area (Å²) in [5, 5.41) is 6.98. The summed E-state index contributed by atoms with van der Waals surface area (Å²) in [5.41, 5.74) is 8.24. The lowest BCUT2D eigenvalue weighted by Crippen LogP contribution is -2.22. The largest absolute Gasteiger partial charge is 0.442 e. The van der Waals surface area contributed by atoms with E-state index in [1.165, 1.54) is 0 Å². The van der Waals surface area contributed by atoms with Crippen molar-refractivity contribution >= 4 is 40.1 Å². The van der Waals surface area contributed by atoms with Gasteiger partial charge in [0.2, 0.25) is 0 Å². The Morgan fingerprint density at radius 2 is 0.911 bits per heavy atom. The highest BCUT2D eigenvalue weighted by atomic mass is 16.6. The normalized spacial score (nSPS) is 15.5. The standard InChI is InChI=1S/C48H50N4O4/c1-33(53)35-11-15-37(16-12-35)44(39-19-23-41(24-20-39)49-27-29-51(3)4)31-48(46-10-8-7-9-43(46)47(55)56-48)32-45(38-17-13-36(14-18-38)34(2)54)40-21-25-42(26-22-40)50-28-30-52(5)6/h7-26,31-32,49-50H,27-30H2,1-6H3. The van der Waals surface area contributed by atoms with Gasteiger partial charge < -0.3 is 25.2 Å². The fourth-order valence-corrected chi connectivity index (χ4v) is 6.77. The number of hydrogen-bond acceptors (Lipinski definition) is 8. The Labute approximate surface area is 330 Å². The smallest absolute Gasteiger partial charge is 0.340 e. The SMILES string of the molecule is CC(=O)c1ccc(C(=CC2(C=C(c3ccc(NCCN(C)C)cc3)c3ccc(C(C)=O)cc3)OC(=O)c3ccccc32)c2ccc(NCCN(C)C)cc2)cc1. The van der Waals surface area contributed by atoms with Crippen LogP contribution in [-0.2, 0) is 10.3 Å². The molecule has 0 bridgehead atoms. The summed E-state index contributed by atoms with van der Waals surface area (Å²) in [6, 6.07) is 39.0. The Morgan fingerprint density at radius 1 is 0.554 bits per heavy atom. The van der Waals surface area contributed by atoms with E-state index in [-0.39, 0.29) is 11.6 Å². The third-order valence-corrected chi connectivity index (χ3v) is 9.92. The number of cyclic esters (lactones) is 1. The molecule has 0 aromatic heterocycles. The van der Waals surface area contributed by atoms with Gasteiger partial charge in [0.1, 0.15) is 0 Å². The van der Waals surface area contributed by atoms with Crippen LogP contribution >= 0.6 is 0 Å². The van der Waals surface area contributed by atoms with Crippen molar-refractivity contribution in [3.63, 3.8) is 0 Å². The lowest BCUT2D eigenvalue weighted by Gasteiger charge is -2.26. The monoisotopic (exact) mass is 746 g/mol. The van der Waals surface area contributed by atoms with Crippen LogP contribution in [0.3, 0.4) is 0 Å². The number of Topliss-reactive ketones (excluding diaryl/α,β-unsaturated/α-hetero) is 2. The highest BCUT2D eigenvalue weighted by Gasteiger charge is 2.43. The summed E-state index contributed by atoms with van der Waals surface area (Å²) in [4.78, 5) is 42.7. The molecule has 0 amide bonds. The molecule has 8 nitrogen and oxygen atoms in total. The molecule has 0 fully saturated rings. The number of anilines is 2. The van der Waals surface area contributed by atoms with Crippen molar-refractivity contribution in [3.05, 3.63) is 178 Å². The van der Waals surface area contributed by atoms with Gasteiger partial charge in [-0.15, -0.1) is 0 Å². The van der Waals surface area contributed by atoms with Gasteiger partial charge in [0.05, 0.1) is 5.56 Å². The zero-order valence-corrected chi connectivity index (χ0v) is 33.1. The van der Waals surface area contributed by atoms with E-state index in [1.54, 1.807) is 19.9 Å². The number of carbonyl (C=O) groups excluding carboxylic acids is 3. The van der Waals surface area contributed by atoms with E-state index < -0.39 is 11.6 Å². The molecule has 2 N–H and O–H groups in total. The van der Waals surface area contributed by atoms with Crippen molar-refractivity contribution in [2.45, 2.75) is 19.4 Å². The summed E-state index contributed by atoms with van der Waals surface area (Å²) in [6.45, 7) is 6.49. The molecule has 1 heterocycles. The molecule has 56 heavy (non-hydrogen) atoms. The highest BCUT2D eigenvalue weighted by molar-refractivity contribution is 5.98. The molecule has 0 unspecified atom stereocenters. The maximum atomic E-state index is 13.8. The van der Waals surface area contributed by atoms with Gasteiger partial charge in [0.15, 0.2) is 17.2 Å². The molecular weight excluding hydrogens is 697 g/mol. The molecule has 1 aliphatic rings. The minimum Gasteiger partial charge on any atom is -0.442 e. The topological polar surface area (TPSA) is 91.0 Å². The van der Waals surface area contributed by atoms with E-state index in [2.05, 4.69) is 69.0 Å². The zero-order valence-electron chi connectivity index (χ0n) is 33.1. The number of likely N-dealkylation sites (N-methyl/N-ethyl adjacent to an activating group) is 2. The molecule has 6 rings (SSSR count). The van der Waals surface area contributed by atoms with Crippen LogP contribution in [0.4, 0.5) is 11.4 Å². The zero-order chi connectivity index (χ0) is 39.8. The van der Waals surface area contributed by atoms with E-state index in [1.807, 2.05) is 107 Å².